The van der Waals surface area contributed by atoms with Crippen LogP contribution in [0.25, 0.3) is 0 Å². The Hall–Kier alpha value is -2.36. The lowest BCUT2D eigenvalue weighted by atomic mass is 10.2. The molecule has 0 saturated carbocycles. The van der Waals surface area contributed by atoms with Gasteiger partial charge in [0.15, 0.2) is 0 Å². The molecule has 9 heteroatoms. The third kappa shape index (κ3) is 6.31. The summed E-state index contributed by atoms with van der Waals surface area (Å²) < 4.78 is 25.4. The van der Waals surface area contributed by atoms with Crippen molar-refractivity contribution in [3.8, 4) is 0 Å². The summed E-state index contributed by atoms with van der Waals surface area (Å²) in [5.41, 5.74) is 0.921. The summed E-state index contributed by atoms with van der Waals surface area (Å²) in [6.07, 6.45) is 0. The molecule has 0 spiro atoms. The molecule has 2 amide bonds. The van der Waals surface area contributed by atoms with Gasteiger partial charge in [-0.25, -0.2) is 12.7 Å². The zero-order valence-corrected chi connectivity index (χ0v) is 18.4. The smallest absolute Gasteiger partial charge is 0.256 e. The Kier molecular flexibility index (Phi) is 7.83. The van der Waals surface area contributed by atoms with Crippen LogP contribution in [0.4, 0.5) is 5.69 Å². The Morgan fingerprint density at radius 1 is 1.03 bits per heavy atom. The SMILES string of the molecule is CC(C)NC(=O)CSc1ccccc1C(=O)Nc1ccc(S(=O)(=O)N(C)C)cc1. The first-order valence-electron chi connectivity index (χ1n) is 8.96. The van der Waals surface area contributed by atoms with Crippen LogP contribution in [0, 0.1) is 0 Å². The second-order valence-corrected chi connectivity index (χ2v) is 9.94. The fraction of sp³-hybridized carbons (Fsp3) is 0.300. The van der Waals surface area contributed by atoms with Crippen LogP contribution in [0.2, 0.25) is 0 Å². The molecule has 29 heavy (non-hydrogen) atoms. The highest BCUT2D eigenvalue weighted by Crippen LogP contribution is 2.24. The van der Waals surface area contributed by atoms with Gasteiger partial charge in [-0.1, -0.05) is 12.1 Å². The maximum Gasteiger partial charge on any atom is 0.256 e. The third-order valence-electron chi connectivity index (χ3n) is 3.83. The summed E-state index contributed by atoms with van der Waals surface area (Å²) in [6.45, 7) is 3.78. The number of anilines is 1. The molecule has 0 aromatic heterocycles. The zero-order chi connectivity index (χ0) is 21.6. The highest BCUT2D eigenvalue weighted by atomic mass is 32.2. The second-order valence-electron chi connectivity index (χ2n) is 6.77. The molecule has 156 valence electrons. The highest BCUT2D eigenvalue weighted by molar-refractivity contribution is 8.00. The fourth-order valence-electron chi connectivity index (χ4n) is 2.41. The summed E-state index contributed by atoms with van der Waals surface area (Å²) in [6, 6.07) is 13.1. The van der Waals surface area contributed by atoms with Crippen molar-refractivity contribution in [1.29, 1.82) is 0 Å². The Morgan fingerprint density at radius 3 is 2.24 bits per heavy atom. The average Bonchev–Trinajstić information content (AvgIpc) is 2.66. The number of carbonyl (C=O) groups is 2. The van der Waals surface area contributed by atoms with Gasteiger partial charge >= 0.3 is 0 Å². The van der Waals surface area contributed by atoms with Gasteiger partial charge in [-0.05, 0) is 50.2 Å². The average molecular weight is 436 g/mol. The first-order chi connectivity index (χ1) is 13.6. The van der Waals surface area contributed by atoms with Crippen molar-refractivity contribution < 1.29 is 18.0 Å². The number of benzene rings is 2. The molecule has 0 aliphatic heterocycles. The lowest BCUT2D eigenvalue weighted by molar-refractivity contribution is -0.119. The molecular formula is C20H25N3O4S2. The van der Waals surface area contributed by atoms with Gasteiger partial charge in [0.2, 0.25) is 15.9 Å². The fourth-order valence-corrected chi connectivity index (χ4v) is 4.17. The predicted molar refractivity (Wildman–Crippen MR) is 116 cm³/mol. The topological polar surface area (TPSA) is 95.6 Å². The van der Waals surface area contributed by atoms with Crippen LogP contribution in [0.3, 0.4) is 0 Å². The van der Waals surface area contributed by atoms with Crippen LogP contribution < -0.4 is 10.6 Å². The number of nitrogens with zero attached hydrogens (tertiary/aromatic N) is 1. The van der Waals surface area contributed by atoms with Gasteiger partial charge in [0.1, 0.15) is 0 Å². The summed E-state index contributed by atoms with van der Waals surface area (Å²) in [5.74, 6) is -0.224. The van der Waals surface area contributed by atoms with E-state index in [0.717, 1.165) is 4.31 Å². The van der Waals surface area contributed by atoms with Gasteiger partial charge in [0.25, 0.3) is 5.91 Å². The van der Waals surface area contributed by atoms with Crippen LogP contribution in [-0.4, -0.2) is 50.4 Å². The summed E-state index contributed by atoms with van der Waals surface area (Å²) in [7, 11) is -0.607. The van der Waals surface area contributed by atoms with E-state index in [2.05, 4.69) is 10.6 Å². The van der Waals surface area contributed by atoms with Gasteiger partial charge in [-0.3, -0.25) is 9.59 Å². The zero-order valence-electron chi connectivity index (χ0n) is 16.8. The number of thioether (sulfide) groups is 1. The quantitative estimate of drug-likeness (QED) is 0.622. The van der Waals surface area contributed by atoms with E-state index in [1.54, 1.807) is 36.4 Å². The van der Waals surface area contributed by atoms with E-state index in [4.69, 9.17) is 0 Å². The molecule has 0 bridgehead atoms. The van der Waals surface area contributed by atoms with Crippen LogP contribution >= 0.6 is 11.8 Å². The van der Waals surface area contributed by atoms with E-state index in [9.17, 15) is 18.0 Å². The van der Waals surface area contributed by atoms with E-state index >= 15 is 0 Å². The van der Waals surface area contributed by atoms with Gasteiger partial charge in [-0.2, -0.15) is 0 Å². The van der Waals surface area contributed by atoms with Crippen molar-refractivity contribution in [1.82, 2.24) is 9.62 Å². The highest BCUT2D eigenvalue weighted by Gasteiger charge is 2.17. The monoisotopic (exact) mass is 435 g/mol. The van der Waals surface area contributed by atoms with Crippen LogP contribution in [0.1, 0.15) is 24.2 Å². The number of amides is 2. The lowest BCUT2D eigenvalue weighted by Crippen LogP contribution is -2.31. The van der Waals surface area contributed by atoms with E-state index in [1.165, 1.54) is 38.0 Å². The molecule has 2 N–H and O–H groups in total. The Labute approximate surface area is 175 Å². The predicted octanol–water partition coefficient (Wildman–Crippen LogP) is 2.81. The van der Waals surface area contributed by atoms with E-state index in [0.29, 0.717) is 16.1 Å². The third-order valence-corrected chi connectivity index (χ3v) is 6.73. The van der Waals surface area contributed by atoms with E-state index in [-0.39, 0.29) is 28.5 Å². The van der Waals surface area contributed by atoms with Crippen molar-refractivity contribution in [2.45, 2.75) is 29.7 Å². The van der Waals surface area contributed by atoms with Crippen molar-refractivity contribution in [3.05, 3.63) is 54.1 Å². The molecule has 0 fully saturated rings. The molecule has 0 radical (unpaired) electrons. The van der Waals surface area contributed by atoms with E-state index in [1.807, 2.05) is 13.8 Å². The summed E-state index contributed by atoms with van der Waals surface area (Å²) in [4.78, 5) is 25.4. The van der Waals surface area contributed by atoms with Crippen molar-refractivity contribution in [3.63, 3.8) is 0 Å². The largest absolute Gasteiger partial charge is 0.353 e. The first-order valence-corrected chi connectivity index (χ1v) is 11.4. The normalized spacial score (nSPS) is 11.5. The molecule has 0 aliphatic carbocycles. The molecule has 0 heterocycles. The molecule has 0 saturated heterocycles. The second kappa shape index (κ2) is 9.91. The van der Waals surface area contributed by atoms with Gasteiger partial charge in [0.05, 0.1) is 16.2 Å². The Morgan fingerprint density at radius 2 is 1.66 bits per heavy atom. The minimum Gasteiger partial charge on any atom is -0.353 e. The molecule has 2 aromatic carbocycles. The molecule has 0 unspecified atom stereocenters. The van der Waals surface area contributed by atoms with Crippen LogP contribution in [0.15, 0.2) is 58.3 Å². The van der Waals surface area contributed by atoms with Gasteiger partial charge < -0.3 is 10.6 Å². The summed E-state index contributed by atoms with van der Waals surface area (Å²) in [5, 5.41) is 5.58. The number of carbonyl (C=O) groups excluding carboxylic acids is 2. The van der Waals surface area contributed by atoms with E-state index < -0.39 is 10.0 Å². The number of rotatable bonds is 8. The molecule has 7 nitrogen and oxygen atoms in total. The molecule has 2 rings (SSSR count). The lowest BCUT2D eigenvalue weighted by Gasteiger charge is -2.13. The molecule has 2 aromatic rings. The van der Waals surface area contributed by atoms with Crippen LogP contribution in [0.5, 0.6) is 0 Å². The Balaban J connectivity index is 2.10. The molecular weight excluding hydrogens is 410 g/mol. The van der Waals surface area contributed by atoms with Gasteiger partial charge in [-0.15, -0.1) is 11.8 Å². The maximum atomic E-state index is 12.7. The molecule has 0 atom stereocenters. The minimum atomic E-state index is -3.53. The van der Waals surface area contributed by atoms with Crippen LogP contribution in [-0.2, 0) is 14.8 Å². The molecule has 0 aliphatic rings. The minimum absolute atomic E-state index is 0.0564. The van der Waals surface area contributed by atoms with Crippen molar-refractivity contribution >= 4 is 39.3 Å². The van der Waals surface area contributed by atoms with Crippen molar-refractivity contribution in [2.75, 3.05) is 25.2 Å². The standard InChI is InChI=1S/C20H25N3O4S2/c1-14(2)21-19(24)13-28-18-8-6-5-7-17(18)20(25)22-15-9-11-16(12-10-15)29(26,27)23(3)4/h5-12,14H,13H2,1-4H3,(H,21,24)(H,22,25). The number of sulfonamides is 1. The summed E-state index contributed by atoms with van der Waals surface area (Å²) >= 11 is 1.29. The number of nitrogens with one attached hydrogen (secondary N) is 2. The van der Waals surface area contributed by atoms with Crippen molar-refractivity contribution in [2.24, 2.45) is 0 Å². The number of hydrogen-bond acceptors (Lipinski definition) is 5. The first kappa shape index (κ1) is 22.9. The maximum absolute atomic E-state index is 12.7. The van der Waals surface area contributed by atoms with Gasteiger partial charge in [0, 0.05) is 30.7 Å². The number of hydrogen-bond donors (Lipinski definition) is 2. The Bertz CT molecular complexity index is 971.